The molecule has 0 radical (unpaired) electrons. The minimum Gasteiger partial charge on any atom is -0.322 e. The lowest BCUT2D eigenvalue weighted by molar-refractivity contribution is -0.123. The number of nitriles is 1. The Morgan fingerprint density at radius 2 is 1.77 bits per heavy atom. The SMILES string of the molecule is CC(C)C(N)C1=NC(NC(=O)Nc2cccc(C#N)c2)C(=O)N(CC(=O)N(C)c2ccccc2)c2ccccc21. The first-order valence-corrected chi connectivity index (χ1v) is 12.8. The highest BCUT2D eigenvalue weighted by atomic mass is 16.2. The molecule has 0 aliphatic carbocycles. The van der Waals surface area contributed by atoms with Crippen molar-refractivity contribution in [1.82, 2.24) is 5.32 Å². The lowest BCUT2D eigenvalue weighted by Crippen LogP contribution is -2.51. The predicted octanol–water partition coefficient (Wildman–Crippen LogP) is 3.49. The minimum absolute atomic E-state index is 0.0255. The fourth-order valence-electron chi connectivity index (χ4n) is 4.29. The Morgan fingerprint density at radius 1 is 1.07 bits per heavy atom. The third-order valence-electron chi connectivity index (χ3n) is 6.60. The van der Waals surface area contributed by atoms with Crippen molar-refractivity contribution >= 4 is 40.6 Å². The number of likely N-dealkylation sites (N-methyl/N-ethyl adjacent to an activating group) is 1. The normalized spacial score (nSPS) is 15.3. The molecule has 2 atom stereocenters. The van der Waals surface area contributed by atoms with Crippen molar-refractivity contribution in [3.63, 3.8) is 0 Å². The maximum absolute atomic E-state index is 14.0. The van der Waals surface area contributed by atoms with Crippen LogP contribution < -0.4 is 26.2 Å². The standard InChI is InChI=1S/C30H31N7O3/c1-19(2)26(32)27-23-14-7-8-15-24(23)37(18-25(38)36(3)22-12-5-4-6-13-22)29(39)28(34-27)35-30(40)33-21-11-9-10-20(16-21)17-31/h4-16,19,26,28H,18,32H2,1-3H3,(H2,33,35,40). The number of nitrogens with one attached hydrogen (secondary N) is 2. The first-order chi connectivity index (χ1) is 19.2. The lowest BCUT2D eigenvalue weighted by Gasteiger charge is -2.27. The summed E-state index contributed by atoms with van der Waals surface area (Å²) in [5, 5.41) is 14.4. The van der Waals surface area contributed by atoms with Gasteiger partial charge >= 0.3 is 6.03 Å². The zero-order valence-electron chi connectivity index (χ0n) is 22.5. The summed E-state index contributed by atoms with van der Waals surface area (Å²) in [6.07, 6.45) is -1.36. The molecule has 0 fully saturated rings. The van der Waals surface area contributed by atoms with Crippen LogP contribution in [0.1, 0.15) is 25.0 Å². The Bertz CT molecular complexity index is 1480. The Hall–Kier alpha value is -5.01. The first kappa shape index (κ1) is 28.0. The highest BCUT2D eigenvalue weighted by Gasteiger charge is 2.36. The van der Waals surface area contributed by atoms with Crippen LogP contribution in [0.4, 0.5) is 21.9 Å². The van der Waals surface area contributed by atoms with Crippen LogP contribution in [-0.4, -0.2) is 49.4 Å². The van der Waals surface area contributed by atoms with Gasteiger partial charge in [0.1, 0.15) is 6.54 Å². The third-order valence-corrected chi connectivity index (χ3v) is 6.60. The summed E-state index contributed by atoms with van der Waals surface area (Å²) in [5.74, 6) is -0.945. The molecule has 4 rings (SSSR count). The van der Waals surface area contributed by atoms with E-state index >= 15 is 0 Å². The average molecular weight is 538 g/mol. The van der Waals surface area contributed by atoms with Crippen LogP contribution in [-0.2, 0) is 9.59 Å². The van der Waals surface area contributed by atoms with Gasteiger partial charge in [-0.1, -0.05) is 56.3 Å². The maximum Gasteiger partial charge on any atom is 0.321 e. The van der Waals surface area contributed by atoms with Crippen LogP contribution in [0.2, 0.25) is 0 Å². The molecule has 10 nitrogen and oxygen atoms in total. The zero-order chi connectivity index (χ0) is 28.8. The molecule has 204 valence electrons. The molecular formula is C30H31N7O3. The van der Waals surface area contributed by atoms with E-state index in [0.717, 1.165) is 0 Å². The zero-order valence-corrected chi connectivity index (χ0v) is 22.5. The molecule has 0 bridgehead atoms. The highest BCUT2D eigenvalue weighted by molar-refractivity contribution is 6.17. The van der Waals surface area contributed by atoms with Gasteiger partial charge in [-0.2, -0.15) is 5.26 Å². The number of para-hydroxylation sites is 2. The number of benzene rings is 3. The number of rotatable bonds is 7. The number of anilines is 3. The van der Waals surface area contributed by atoms with E-state index < -0.39 is 24.1 Å². The summed E-state index contributed by atoms with van der Waals surface area (Å²) < 4.78 is 0. The fourth-order valence-corrected chi connectivity index (χ4v) is 4.29. The van der Waals surface area contributed by atoms with Gasteiger partial charge < -0.3 is 21.3 Å². The smallest absolute Gasteiger partial charge is 0.321 e. The van der Waals surface area contributed by atoms with E-state index in [1.54, 1.807) is 55.6 Å². The molecule has 40 heavy (non-hydrogen) atoms. The molecule has 1 aliphatic heterocycles. The Morgan fingerprint density at radius 3 is 2.48 bits per heavy atom. The molecule has 0 spiro atoms. The predicted molar refractivity (Wildman–Crippen MR) is 155 cm³/mol. The molecule has 4 amide bonds. The van der Waals surface area contributed by atoms with Gasteiger partial charge in [-0.3, -0.25) is 19.5 Å². The Labute approximate surface area is 233 Å². The van der Waals surface area contributed by atoms with Gasteiger partial charge in [-0.05, 0) is 42.3 Å². The van der Waals surface area contributed by atoms with E-state index in [0.29, 0.717) is 33.9 Å². The minimum atomic E-state index is -1.36. The summed E-state index contributed by atoms with van der Waals surface area (Å²) in [6, 6.07) is 23.4. The maximum atomic E-state index is 14.0. The number of nitrogens with two attached hydrogens (primary N) is 1. The molecule has 1 heterocycles. The van der Waals surface area contributed by atoms with E-state index in [9.17, 15) is 14.4 Å². The van der Waals surface area contributed by atoms with Gasteiger partial charge in [0.15, 0.2) is 0 Å². The van der Waals surface area contributed by atoms with E-state index in [4.69, 9.17) is 11.0 Å². The molecule has 2 unspecified atom stereocenters. The molecule has 0 saturated carbocycles. The average Bonchev–Trinajstić information content (AvgIpc) is 3.07. The number of hydrogen-bond acceptors (Lipinski definition) is 6. The summed E-state index contributed by atoms with van der Waals surface area (Å²) in [4.78, 5) is 47.8. The lowest BCUT2D eigenvalue weighted by atomic mass is 9.93. The number of aliphatic imine (C=N–C) groups is 1. The van der Waals surface area contributed by atoms with Gasteiger partial charge in [0.05, 0.1) is 23.0 Å². The monoisotopic (exact) mass is 537 g/mol. The van der Waals surface area contributed by atoms with E-state index in [1.165, 1.54) is 15.9 Å². The fraction of sp³-hybridized carbons (Fsp3) is 0.233. The van der Waals surface area contributed by atoms with Crippen LogP contribution in [0, 0.1) is 17.2 Å². The van der Waals surface area contributed by atoms with Crippen LogP contribution in [0.15, 0.2) is 83.9 Å². The van der Waals surface area contributed by atoms with Crippen molar-refractivity contribution in [1.29, 1.82) is 5.26 Å². The topological polar surface area (TPSA) is 144 Å². The molecule has 10 heteroatoms. The van der Waals surface area contributed by atoms with Crippen LogP contribution in [0.25, 0.3) is 0 Å². The number of fused-ring (bicyclic) bond motifs is 1. The van der Waals surface area contributed by atoms with Gasteiger partial charge in [-0.15, -0.1) is 0 Å². The van der Waals surface area contributed by atoms with Crippen LogP contribution >= 0.6 is 0 Å². The van der Waals surface area contributed by atoms with Crippen LogP contribution in [0.5, 0.6) is 0 Å². The summed E-state index contributed by atoms with van der Waals surface area (Å²) in [7, 11) is 1.64. The first-order valence-electron chi connectivity index (χ1n) is 12.8. The van der Waals surface area contributed by atoms with E-state index in [-0.39, 0.29) is 18.4 Å². The third kappa shape index (κ3) is 6.17. The number of hydrogen-bond donors (Lipinski definition) is 3. The Balaban J connectivity index is 1.69. The highest BCUT2D eigenvalue weighted by Crippen LogP contribution is 2.28. The van der Waals surface area contributed by atoms with Crippen molar-refractivity contribution in [2.45, 2.75) is 26.1 Å². The van der Waals surface area contributed by atoms with Gasteiger partial charge in [-0.25, -0.2) is 4.79 Å². The molecular weight excluding hydrogens is 506 g/mol. The molecule has 0 saturated heterocycles. The summed E-state index contributed by atoms with van der Waals surface area (Å²) >= 11 is 0. The number of amides is 4. The molecule has 1 aliphatic rings. The van der Waals surface area contributed by atoms with Gasteiger partial charge in [0, 0.05) is 30.0 Å². The van der Waals surface area contributed by atoms with Gasteiger partial charge in [0.2, 0.25) is 12.1 Å². The Kier molecular flexibility index (Phi) is 8.57. The largest absolute Gasteiger partial charge is 0.322 e. The van der Waals surface area contributed by atoms with Crippen molar-refractivity contribution in [3.8, 4) is 6.07 Å². The molecule has 3 aromatic carbocycles. The number of nitrogens with zero attached hydrogens (tertiary/aromatic N) is 4. The second-order valence-electron chi connectivity index (χ2n) is 9.71. The number of carbonyl (C=O) groups excluding carboxylic acids is 3. The molecule has 3 aromatic rings. The quantitative estimate of drug-likeness (QED) is 0.423. The van der Waals surface area contributed by atoms with Crippen molar-refractivity contribution in [3.05, 3.63) is 90.0 Å². The second-order valence-corrected chi connectivity index (χ2v) is 9.71. The molecule has 0 aromatic heterocycles. The summed E-state index contributed by atoms with van der Waals surface area (Å²) in [5.41, 5.74) is 9.50. The van der Waals surface area contributed by atoms with Gasteiger partial charge in [0.25, 0.3) is 5.91 Å². The van der Waals surface area contributed by atoms with Crippen molar-refractivity contribution < 1.29 is 14.4 Å². The second kappa shape index (κ2) is 12.2. The van der Waals surface area contributed by atoms with Crippen molar-refractivity contribution in [2.75, 3.05) is 28.7 Å². The van der Waals surface area contributed by atoms with Crippen molar-refractivity contribution in [2.24, 2.45) is 16.6 Å². The number of urea groups is 1. The number of benzodiazepines with no additional fused rings is 1. The van der Waals surface area contributed by atoms with Crippen LogP contribution in [0.3, 0.4) is 0 Å². The summed E-state index contributed by atoms with van der Waals surface area (Å²) in [6.45, 7) is 3.59. The van der Waals surface area contributed by atoms with E-state index in [1.807, 2.05) is 44.2 Å². The molecule has 4 N–H and O–H groups in total. The van der Waals surface area contributed by atoms with E-state index in [2.05, 4.69) is 15.6 Å². The number of carbonyl (C=O) groups is 3.